The molecule has 7 heteroatoms. The third-order valence-corrected chi connectivity index (χ3v) is 4.92. The highest BCUT2D eigenvalue weighted by atomic mass is 35.5. The molecule has 1 aromatic heterocycles. The van der Waals surface area contributed by atoms with Crippen LogP contribution in [0.15, 0.2) is 70.6 Å². The van der Waals surface area contributed by atoms with Gasteiger partial charge in [-0.15, -0.1) is 5.10 Å². The Morgan fingerprint density at radius 1 is 0.880 bits per heavy atom. The molecule has 0 aliphatic carbocycles. The molecule has 0 saturated heterocycles. The average Bonchev–Trinajstić information content (AvgIpc) is 2.60. The zero-order valence-electron chi connectivity index (χ0n) is 12.9. The zero-order valence-corrected chi connectivity index (χ0v) is 15.2. The quantitative estimate of drug-likeness (QED) is 0.694. The molecule has 126 valence electrons. The van der Waals surface area contributed by atoms with Gasteiger partial charge in [-0.05, 0) is 54.1 Å². The van der Waals surface area contributed by atoms with E-state index in [1.54, 1.807) is 30.3 Å². The summed E-state index contributed by atoms with van der Waals surface area (Å²) in [6, 6.07) is 18.0. The molecule has 3 rings (SSSR count). The summed E-state index contributed by atoms with van der Waals surface area (Å²) >= 11 is 13.2. The lowest BCUT2D eigenvalue weighted by Crippen LogP contribution is -2.23. The van der Waals surface area contributed by atoms with Crippen LogP contribution in [0.1, 0.15) is 17.2 Å². The summed E-state index contributed by atoms with van der Waals surface area (Å²) in [7, 11) is 0. The number of carbonyl (C=O) groups excluding carboxylic acids is 1. The van der Waals surface area contributed by atoms with Crippen LogP contribution in [0.5, 0.6) is 0 Å². The van der Waals surface area contributed by atoms with Crippen LogP contribution < -0.4 is 5.73 Å². The fourth-order valence-electron chi connectivity index (χ4n) is 2.30. The molecular formula is C18H13Cl2N3OS. The van der Waals surface area contributed by atoms with Crippen molar-refractivity contribution in [3.05, 3.63) is 82.0 Å². The van der Waals surface area contributed by atoms with Crippen LogP contribution in [0.4, 0.5) is 0 Å². The zero-order chi connectivity index (χ0) is 17.8. The van der Waals surface area contributed by atoms with E-state index in [0.29, 0.717) is 20.8 Å². The highest BCUT2D eigenvalue weighted by molar-refractivity contribution is 7.99. The maximum absolute atomic E-state index is 11.9. The molecule has 0 aliphatic heterocycles. The molecule has 2 N–H and O–H groups in total. The number of hydrogen-bond acceptors (Lipinski definition) is 4. The topological polar surface area (TPSA) is 68.9 Å². The van der Waals surface area contributed by atoms with Crippen molar-refractivity contribution in [2.75, 3.05) is 0 Å². The van der Waals surface area contributed by atoms with Crippen LogP contribution in [-0.2, 0) is 4.79 Å². The van der Waals surface area contributed by atoms with Gasteiger partial charge in [-0.2, -0.15) is 5.10 Å². The molecule has 1 atom stereocenters. The molecule has 0 aliphatic rings. The monoisotopic (exact) mass is 389 g/mol. The van der Waals surface area contributed by atoms with Crippen LogP contribution in [-0.4, -0.2) is 16.1 Å². The largest absolute Gasteiger partial charge is 0.369 e. The lowest BCUT2D eigenvalue weighted by Gasteiger charge is -2.13. The highest BCUT2D eigenvalue weighted by Crippen LogP contribution is 2.29. The van der Waals surface area contributed by atoms with Crippen molar-refractivity contribution in [3.8, 4) is 0 Å². The maximum Gasteiger partial charge on any atom is 0.231 e. The second-order valence-electron chi connectivity index (χ2n) is 5.24. The van der Waals surface area contributed by atoms with E-state index >= 15 is 0 Å². The van der Waals surface area contributed by atoms with Crippen LogP contribution in [0.25, 0.3) is 0 Å². The maximum atomic E-state index is 11.9. The van der Waals surface area contributed by atoms with Gasteiger partial charge in [-0.25, -0.2) is 0 Å². The molecule has 3 aromatic rings. The van der Waals surface area contributed by atoms with Gasteiger partial charge in [0.15, 0.2) is 0 Å². The molecule has 4 nitrogen and oxygen atoms in total. The van der Waals surface area contributed by atoms with E-state index in [-0.39, 0.29) is 0 Å². The number of carbonyl (C=O) groups is 1. The van der Waals surface area contributed by atoms with E-state index in [2.05, 4.69) is 10.2 Å². The van der Waals surface area contributed by atoms with Crippen LogP contribution in [0.3, 0.4) is 0 Å². The van der Waals surface area contributed by atoms with Crippen molar-refractivity contribution >= 4 is 40.9 Å². The lowest BCUT2D eigenvalue weighted by atomic mass is 9.95. The fourth-order valence-corrected chi connectivity index (χ4v) is 3.28. The van der Waals surface area contributed by atoms with Crippen molar-refractivity contribution in [1.29, 1.82) is 0 Å². The van der Waals surface area contributed by atoms with E-state index in [1.807, 2.05) is 30.3 Å². The SMILES string of the molecule is NC(=O)[C@H](c1ccc(Cl)cc1)c1ccc(Sc2ccc(Cl)cc2)nn1. The number of nitrogens with zero attached hydrogens (tertiary/aromatic N) is 2. The van der Waals surface area contributed by atoms with Gasteiger partial charge in [0.2, 0.25) is 5.91 Å². The van der Waals surface area contributed by atoms with Gasteiger partial charge in [-0.3, -0.25) is 4.79 Å². The third-order valence-electron chi connectivity index (χ3n) is 3.48. The number of hydrogen-bond donors (Lipinski definition) is 1. The summed E-state index contributed by atoms with van der Waals surface area (Å²) < 4.78 is 0. The van der Waals surface area contributed by atoms with Gasteiger partial charge in [0.1, 0.15) is 10.9 Å². The van der Waals surface area contributed by atoms with E-state index in [4.69, 9.17) is 28.9 Å². The second kappa shape index (κ2) is 7.87. The molecule has 0 spiro atoms. The minimum Gasteiger partial charge on any atom is -0.369 e. The van der Waals surface area contributed by atoms with E-state index in [1.165, 1.54) is 11.8 Å². The predicted octanol–water partition coefficient (Wildman–Crippen LogP) is 4.55. The molecule has 0 bridgehead atoms. The summed E-state index contributed by atoms with van der Waals surface area (Å²) in [5.41, 5.74) is 6.78. The first kappa shape index (κ1) is 17.7. The molecular weight excluding hydrogens is 377 g/mol. The summed E-state index contributed by atoms with van der Waals surface area (Å²) in [4.78, 5) is 12.9. The third kappa shape index (κ3) is 4.51. The van der Waals surface area contributed by atoms with E-state index in [9.17, 15) is 4.79 Å². The molecule has 0 fully saturated rings. The van der Waals surface area contributed by atoms with Gasteiger partial charge >= 0.3 is 0 Å². The van der Waals surface area contributed by atoms with Crippen molar-refractivity contribution in [2.24, 2.45) is 5.73 Å². The standard InChI is InChI=1S/C18H13Cl2N3OS/c19-12-3-1-11(2-4-12)17(18(21)24)15-9-10-16(23-22-15)25-14-7-5-13(20)6-8-14/h1-10,17H,(H2,21,24)/t17-/m1/s1. The Kier molecular flexibility index (Phi) is 5.58. The average molecular weight is 390 g/mol. The molecule has 0 saturated carbocycles. The highest BCUT2D eigenvalue weighted by Gasteiger charge is 2.22. The van der Waals surface area contributed by atoms with Crippen LogP contribution in [0.2, 0.25) is 10.0 Å². The Morgan fingerprint density at radius 2 is 1.48 bits per heavy atom. The van der Waals surface area contributed by atoms with E-state index in [0.717, 1.165) is 10.5 Å². The first-order valence-electron chi connectivity index (χ1n) is 7.35. The number of amides is 1. The van der Waals surface area contributed by atoms with Crippen molar-refractivity contribution < 1.29 is 4.79 Å². The van der Waals surface area contributed by atoms with Gasteiger partial charge in [-0.1, -0.05) is 47.1 Å². The number of benzene rings is 2. The van der Waals surface area contributed by atoms with Gasteiger partial charge < -0.3 is 5.73 Å². The Hall–Kier alpha value is -2.08. The summed E-state index contributed by atoms with van der Waals surface area (Å²) in [6.07, 6.45) is 0. The van der Waals surface area contributed by atoms with E-state index < -0.39 is 11.8 Å². The first-order chi connectivity index (χ1) is 12.0. The smallest absolute Gasteiger partial charge is 0.231 e. The minimum absolute atomic E-state index is 0.491. The van der Waals surface area contributed by atoms with Gasteiger partial charge in [0.25, 0.3) is 0 Å². The minimum atomic E-state index is -0.667. The van der Waals surface area contributed by atoms with Crippen molar-refractivity contribution in [2.45, 2.75) is 15.8 Å². The molecule has 25 heavy (non-hydrogen) atoms. The van der Waals surface area contributed by atoms with Crippen molar-refractivity contribution in [3.63, 3.8) is 0 Å². The Morgan fingerprint density at radius 3 is 2.00 bits per heavy atom. The Labute approximate surface area is 159 Å². The van der Waals surface area contributed by atoms with Gasteiger partial charge in [0, 0.05) is 14.9 Å². The number of halogens is 2. The summed E-state index contributed by atoms with van der Waals surface area (Å²) in [5.74, 6) is -1.16. The first-order valence-corrected chi connectivity index (χ1v) is 8.92. The van der Waals surface area contributed by atoms with Gasteiger partial charge in [0.05, 0.1) is 5.69 Å². The summed E-state index contributed by atoms with van der Waals surface area (Å²) in [5, 5.41) is 10.4. The van der Waals surface area contributed by atoms with Crippen molar-refractivity contribution in [1.82, 2.24) is 10.2 Å². The Bertz CT molecular complexity index is 868. The summed E-state index contributed by atoms with van der Waals surface area (Å²) in [6.45, 7) is 0. The molecule has 2 aromatic carbocycles. The lowest BCUT2D eigenvalue weighted by molar-refractivity contribution is -0.118. The number of rotatable bonds is 5. The number of primary amides is 1. The molecule has 1 heterocycles. The normalized spacial score (nSPS) is 11.9. The number of nitrogens with two attached hydrogens (primary N) is 1. The predicted molar refractivity (Wildman–Crippen MR) is 100 cm³/mol. The molecule has 0 radical (unpaired) electrons. The Balaban J connectivity index is 1.82. The van der Waals surface area contributed by atoms with Crippen LogP contribution in [0, 0.1) is 0 Å². The molecule has 0 unspecified atom stereocenters. The second-order valence-corrected chi connectivity index (χ2v) is 7.21. The molecule has 1 amide bonds. The van der Waals surface area contributed by atoms with Crippen LogP contribution >= 0.6 is 35.0 Å². The number of aromatic nitrogens is 2. The fraction of sp³-hybridized carbons (Fsp3) is 0.0556.